The smallest absolute Gasteiger partial charge is 0.213 e. The average molecular weight is 276 g/mol. The molecule has 2 N–H and O–H groups in total. The Hall–Kier alpha value is -0.130. The van der Waals surface area contributed by atoms with Crippen LogP contribution in [-0.2, 0) is 10.0 Å². The van der Waals surface area contributed by atoms with Crippen LogP contribution in [0.1, 0.15) is 52.9 Å². The van der Waals surface area contributed by atoms with Gasteiger partial charge in [0, 0.05) is 18.6 Å². The highest BCUT2D eigenvalue weighted by atomic mass is 32.2. The molecular formula is C13H28N2O2S. The van der Waals surface area contributed by atoms with Gasteiger partial charge in [0.1, 0.15) is 0 Å². The molecule has 18 heavy (non-hydrogen) atoms. The van der Waals surface area contributed by atoms with Crippen LogP contribution in [0.25, 0.3) is 0 Å². The van der Waals surface area contributed by atoms with Crippen LogP contribution in [-0.4, -0.2) is 32.8 Å². The number of nitrogens with one attached hydrogen (secondary N) is 2. The number of rotatable bonds is 10. The first-order valence-corrected chi connectivity index (χ1v) is 8.77. The lowest BCUT2D eigenvalue weighted by atomic mass is 10.0. The van der Waals surface area contributed by atoms with E-state index in [1.165, 1.54) is 12.8 Å². The van der Waals surface area contributed by atoms with Crippen LogP contribution in [0.15, 0.2) is 0 Å². The van der Waals surface area contributed by atoms with E-state index in [2.05, 4.69) is 23.9 Å². The highest BCUT2D eigenvalue weighted by molar-refractivity contribution is 7.89. The largest absolute Gasteiger partial charge is 0.313 e. The Bertz CT molecular complexity index is 324. The van der Waals surface area contributed by atoms with Crippen molar-refractivity contribution in [3.63, 3.8) is 0 Å². The lowest BCUT2D eigenvalue weighted by Crippen LogP contribution is -2.37. The molecule has 108 valence electrons. The first kappa shape index (κ1) is 15.9. The number of hydrogen-bond donors (Lipinski definition) is 2. The quantitative estimate of drug-likeness (QED) is 0.640. The monoisotopic (exact) mass is 276 g/mol. The van der Waals surface area contributed by atoms with Crippen molar-refractivity contribution in [3.05, 3.63) is 0 Å². The van der Waals surface area contributed by atoms with Crippen LogP contribution < -0.4 is 10.0 Å². The summed E-state index contributed by atoms with van der Waals surface area (Å²) in [4.78, 5) is 0. The van der Waals surface area contributed by atoms with E-state index < -0.39 is 10.0 Å². The Labute approximate surface area is 112 Å². The molecule has 1 saturated carbocycles. The van der Waals surface area contributed by atoms with Crippen LogP contribution in [0, 0.1) is 5.92 Å². The Morgan fingerprint density at radius 2 is 1.83 bits per heavy atom. The van der Waals surface area contributed by atoms with Gasteiger partial charge in [0.25, 0.3) is 0 Å². The minimum absolute atomic E-state index is 0.0506. The zero-order chi connectivity index (χ0) is 13.6. The molecular weight excluding hydrogens is 248 g/mol. The van der Waals surface area contributed by atoms with E-state index in [9.17, 15) is 8.42 Å². The van der Waals surface area contributed by atoms with Crippen molar-refractivity contribution in [1.29, 1.82) is 0 Å². The van der Waals surface area contributed by atoms with E-state index in [0.29, 0.717) is 18.5 Å². The maximum absolute atomic E-state index is 11.8. The zero-order valence-electron chi connectivity index (χ0n) is 11.9. The van der Waals surface area contributed by atoms with E-state index >= 15 is 0 Å². The summed E-state index contributed by atoms with van der Waals surface area (Å²) in [6, 6.07) is 0.623. The van der Waals surface area contributed by atoms with Gasteiger partial charge in [0.05, 0.1) is 5.75 Å². The van der Waals surface area contributed by atoms with Crippen LogP contribution in [0.4, 0.5) is 0 Å². The SMILES string of the molecule is CC(C)CCCC(C)NS(=O)(=O)CCNC1CC1. The second kappa shape index (κ2) is 7.46. The Morgan fingerprint density at radius 1 is 1.17 bits per heavy atom. The summed E-state index contributed by atoms with van der Waals surface area (Å²) in [6.07, 6.45) is 5.56. The second-order valence-electron chi connectivity index (χ2n) is 5.89. The van der Waals surface area contributed by atoms with Crippen LogP contribution in [0.5, 0.6) is 0 Å². The number of hydrogen-bond acceptors (Lipinski definition) is 3. The molecule has 0 aromatic rings. The highest BCUT2D eigenvalue weighted by Gasteiger charge is 2.21. The van der Waals surface area contributed by atoms with Crippen LogP contribution in [0.2, 0.25) is 0 Å². The summed E-state index contributed by atoms with van der Waals surface area (Å²) in [5.41, 5.74) is 0. The molecule has 0 aliphatic heterocycles. The van der Waals surface area contributed by atoms with E-state index in [1.807, 2.05) is 6.92 Å². The summed E-state index contributed by atoms with van der Waals surface area (Å²) >= 11 is 0. The third-order valence-corrected chi connectivity index (χ3v) is 4.68. The van der Waals surface area contributed by atoms with Crippen molar-refractivity contribution in [2.45, 2.75) is 65.0 Å². The van der Waals surface area contributed by atoms with Gasteiger partial charge in [0.15, 0.2) is 0 Å². The van der Waals surface area contributed by atoms with Gasteiger partial charge in [-0.25, -0.2) is 13.1 Å². The van der Waals surface area contributed by atoms with Crippen LogP contribution in [0.3, 0.4) is 0 Å². The van der Waals surface area contributed by atoms with Gasteiger partial charge in [-0.05, 0) is 32.1 Å². The Morgan fingerprint density at radius 3 is 2.39 bits per heavy atom. The molecule has 4 nitrogen and oxygen atoms in total. The zero-order valence-corrected chi connectivity index (χ0v) is 12.7. The van der Waals surface area contributed by atoms with Crippen molar-refractivity contribution in [1.82, 2.24) is 10.0 Å². The molecule has 0 bridgehead atoms. The van der Waals surface area contributed by atoms with E-state index in [1.54, 1.807) is 0 Å². The predicted molar refractivity (Wildman–Crippen MR) is 76.1 cm³/mol. The standard InChI is InChI=1S/C13H28N2O2S/c1-11(2)5-4-6-12(3)15-18(16,17)10-9-14-13-7-8-13/h11-15H,4-10H2,1-3H3. The molecule has 0 heterocycles. The molecule has 0 saturated heterocycles. The molecule has 0 aromatic heterocycles. The lowest BCUT2D eigenvalue weighted by molar-refractivity contribution is 0.488. The lowest BCUT2D eigenvalue weighted by Gasteiger charge is -2.15. The molecule has 1 aliphatic carbocycles. The van der Waals surface area contributed by atoms with Gasteiger partial charge < -0.3 is 5.32 Å². The van der Waals surface area contributed by atoms with Gasteiger partial charge in [0.2, 0.25) is 10.0 Å². The summed E-state index contributed by atoms with van der Waals surface area (Å²) in [7, 11) is -3.11. The molecule has 0 amide bonds. The van der Waals surface area contributed by atoms with E-state index in [0.717, 1.165) is 19.3 Å². The first-order valence-electron chi connectivity index (χ1n) is 7.12. The minimum Gasteiger partial charge on any atom is -0.313 e. The average Bonchev–Trinajstić information content (AvgIpc) is 2.99. The third kappa shape index (κ3) is 8.06. The highest BCUT2D eigenvalue weighted by Crippen LogP contribution is 2.18. The summed E-state index contributed by atoms with van der Waals surface area (Å²) in [6.45, 7) is 6.90. The summed E-state index contributed by atoms with van der Waals surface area (Å²) < 4.78 is 26.3. The molecule has 0 radical (unpaired) electrons. The van der Waals surface area contributed by atoms with Crippen molar-refractivity contribution in [2.75, 3.05) is 12.3 Å². The number of sulfonamides is 1. The Balaban J connectivity index is 2.12. The molecule has 1 fully saturated rings. The third-order valence-electron chi connectivity index (χ3n) is 3.18. The van der Waals surface area contributed by atoms with Gasteiger partial charge in [-0.1, -0.05) is 26.7 Å². The van der Waals surface area contributed by atoms with E-state index in [-0.39, 0.29) is 11.8 Å². The van der Waals surface area contributed by atoms with Gasteiger partial charge in [-0.3, -0.25) is 0 Å². The molecule has 0 spiro atoms. The predicted octanol–water partition coefficient (Wildman–Crippen LogP) is 1.87. The maximum atomic E-state index is 11.8. The molecule has 1 aliphatic rings. The molecule has 0 aromatic carbocycles. The molecule has 5 heteroatoms. The topological polar surface area (TPSA) is 58.2 Å². The van der Waals surface area contributed by atoms with Crippen LogP contribution >= 0.6 is 0 Å². The fourth-order valence-corrected chi connectivity index (χ4v) is 3.18. The van der Waals surface area contributed by atoms with Crippen molar-refractivity contribution < 1.29 is 8.42 Å². The van der Waals surface area contributed by atoms with Gasteiger partial charge in [-0.2, -0.15) is 0 Å². The van der Waals surface area contributed by atoms with Crippen molar-refractivity contribution in [3.8, 4) is 0 Å². The van der Waals surface area contributed by atoms with E-state index in [4.69, 9.17) is 0 Å². The molecule has 1 atom stereocenters. The first-order chi connectivity index (χ1) is 8.39. The van der Waals surface area contributed by atoms with Gasteiger partial charge >= 0.3 is 0 Å². The fraction of sp³-hybridized carbons (Fsp3) is 1.00. The molecule has 1 rings (SSSR count). The normalized spacial score (nSPS) is 18.2. The van der Waals surface area contributed by atoms with Crippen molar-refractivity contribution in [2.24, 2.45) is 5.92 Å². The minimum atomic E-state index is -3.11. The summed E-state index contributed by atoms with van der Waals surface area (Å²) in [5, 5.41) is 3.22. The maximum Gasteiger partial charge on any atom is 0.213 e. The Kier molecular flexibility index (Phi) is 6.60. The second-order valence-corrected chi connectivity index (χ2v) is 7.76. The molecule has 1 unspecified atom stereocenters. The summed E-state index contributed by atoms with van der Waals surface area (Å²) in [5.74, 6) is 0.884. The van der Waals surface area contributed by atoms with Gasteiger partial charge in [-0.15, -0.1) is 0 Å². The fourth-order valence-electron chi connectivity index (χ4n) is 1.94. The van der Waals surface area contributed by atoms with Crippen molar-refractivity contribution >= 4 is 10.0 Å².